The maximum absolute atomic E-state index is 13.4. The number of nitrogens with one attached hydrogen (secondary N) is 2. The summed E-state index contributed by atoms with van der Waals surface area (Å²) in [6, 6.07) is 10.1. The Morgan fingerprint density at radius 3 is 2.64 bits per heavy atom. The molecule has 1 fully saturated rings. The van der Waals surface area contributed by atoms with Crippen LogP contribution < -0.4 is 15.5 Å². The third-order valence-electron chi connectivity index (χ3n) is 4.07. The standard InChI is InChI=1S/C18H17ClFN3O2/c1-11-10-14(6-7-15(11)20)23-9-8-16(17(23)24)22-18(25)21-13-4-2-12(19)3-5-13/h2-7,10,16H,8-9H2,1H3,(H2,21,22,25)/t16-/m0/s1. The molecule has 0 aromatic heterocycles. The van der Waals surface area contributed by atoms with Gasteiger partial charge in [-0.3, -0.25) is 4.79 Å². The van der Waals surface area contributed by atoms with Crippen molar-refractivity contribution < 1.29 is 14.0 Å². The lowest BCUT2D eigenvalue weighted by Crippen LogP contribution is -2.43. The summed E-state index contributed by atoms with van der Waals surface area (Å²) in [5.41, 5.74) is 1.69. The lowest BCUT2D eigenvalue weighted by Gasteiger charge is -2.18. The zero-order valence-electron chi connectivity index (χ0n) is 13.6. The maximum atomic E-state index is 13.4. The predicted molar refractivity (Wildman–Crippen MR) is 95.5 cm³/mol. The molecule has 1 saturated heterocycles. The molecular weight excluding hydrogens is 345 g/mol. The number of benzene rings is 2. The molecule has 0 spiro atoms. The van der Waals surface area contributed by atoms with E-state index in [-0.39, 0.29) is 11.7 Å². The molecule has 1 atom stereocenters. The Labute approximate surface area is 149 Å². The summed E-state index contributed by atoms with van der Waals surface area (Å²) < 4.78 is 13.4. The summed E-state index contributed by atoms with van der Waals surface area (Å²) in [5.74, 6) is -0.523. The van der Waals surface area contributed by atoms with Crippen molar-refractivity contribution in [3.05, 3.63) is 58.9 Å². The van der Waals surface area contributed by atoms with Gasteiger partial charge in [0.05, 0.1) is 0 Å². The number of hydrogen-bond donors (Lipinski definition) is 2. The van der Waals surface area contributed by atoms with E-state index in [1.165, 1.54) is 6.07 Å². The van der Waals surface area contributed by atoms with Gasteiger partial charge in [-0.05, 0) is 61.4 Å². The molecular formula is C18H17ClFN3O2. The Morgan fingerprint density at radius 2 is 1.96 bits per heavy atom. The number of urea groups is 1. The van der Waals surface area contributed by atoms with Gasteiger partial charge in [-0.2, -0.15) is 0 Å². The Balaban J connectivity index is 1.62. The highest BCUT2D eigenvalue weighted by Gasteiger charge is 2.33. The molecule has 2 aromatic carbocycles. The summed E-state index contributed by atoms with van der Waals surface area (Å²) in [5, 5.41) is 5.90. The highest BCUT2D eigenvalue weighted by atomic mass is 35.5. The van der Waals surface area contributed by atoms with Gasteiger partial charge >= 0.3 is 6.03 Å². The Hall–Kier alpha value is -2.60. The maximum Gasteiger partial charge on any atom is 0.319 e. The van der Waals surface area contributed by atoms with Crippen LogP contribution in [-0.4, -0.2) is 24.5 Å². The Bertz CT molecular complexity index is 810. The summed E-state index contributed by atoms with van der Waals surface area (Å²) in [7, 11) is 0. The number of carbonyl (C=O) groups is 2. The van der Waals surface area contributed by atoms with Gasteiger partial charge in [0.2, 0.25) is 5.91 Å². The van der Waals surface area contributed by atoms with Gasteiger partial charge in [0.1, 0.15) is 11.9 Å². The molecule has 3 amide bonds. The van der Waals surface area contributed by atoms with E-state index in [9.17, 15) is 14.0 Å². The smallest absolute Gasteiger partial charge is 0.319 e. The van der Waals surface area contributed by atoms with Crippen LogP contribution in [-0.2, 0) is 4.79 Å². The average Bonchev–Trinajstić information content (AvgIpc) is 2.93. The first-order valence-corrected chi connectivity index (χ1v) is 8.22. The van der Waals surface area contributed by atoms with Crippen LogP contribution in [0, 0.1) is 12.7 Å². The molecule has 1 aliphatic heterocycles. The van der Waals surface area contributed by atoms with Crippen LogP contribution in [0.3, 0.4) is 0 Å². The first-order chi connectivity index (χ1) is 11.9. The number of halogens is 2. The minimum atomic E-state index is -0.613. The highest BCUT2D eigenvalue weighted by molar-refractivity contribution is 6.30. The molecule has 0 unspecified atom stereocenters. The van der Waals surface area contributed by atoms with Crippen LogP contribution in [0.4, 0.5) is 20.6 Å². The van der Waals surface area contributed by atoms with Crippen molar-refractivity contribution >= 4 is 34.9 Å². The molecule has 2 N–H and O–H groups in total. The molecule has 0 saturated carbocycles. The number of nitrogens with zero attached hydrogens (tertiary/aromatic N) is 1. The average molecular weight is 362 g/mol. The van der Waals surface area contributed by atoms with Crippen molar-refractivity contribution in [2.24, 2.45) is 0 Å². The molecule has 0 bridgehead atoms. The van der Waals surface area contributed by atoms with Crippen LogP contribution in [0.15, 0.2) is 42.5 Å². The third kappa shape index (κ3) is 3.91. The van der Waals surface area contributed by atoms with E-state index in [1.54, 1.807) is 48.2 Å². The van der Waals surface area contributed by atoms with Gasteiger partial charge < -0.3 is 15.5 Å². The van der Waals surface area contributed by atoms with E-state index >= 15 is 0 Å². The fourth-order valence-corrected chi connectivity index (χ4v) is 2.85. The summed E-state index contributed by atoms with van der Waals surface area (Å²) in [6.45, 7) is 2.12. The van der Waals surface area contributed by atoms with Crippen LogP contribution in [0.5, 0.6) is 0 Å². The molecule has 1 aliphatic rings. The number of hydrogen-bond acceptors (Lipinski definition) is 2. The lowest BCUT2D eigenvalue weighted by molar-refractivity contribution is -0.118. The molecule has 3 rings (SSSR count). The Morgan fingerprint density at radius 1 is 1.24 bits per heavy atom. The highest BCUT2D eigenvalue weighted by Crippen LogP contribution is 2.24. The molecule has 7 heteroatoms. The Kier molecular flexibility index (Phi) is 4.90. The quantitative estimate of drug-likeness (QED) is 0.875. The van der Waals surface area contributed by atoms with E-state index < -0.39 is 12.1 Å². The number of anilines is 2. The minimum Gasteiger partial charge on any atom is -0.326 e. The van der Waals surface area contributed by atoms with Crippen LogP contribution in [0.25, 0.3) is 0 Å². The topological polar surface area (TPSA) is 61.4 Å². The normalized spacial score (nSPS) is 16.8. The second kappa shape index (κ2) is 7.11. The molecule has 0 aliphatic carbocycles. The van der Waals surface area contributed by atoms with Crippen LogP contribution in [0.2, 0.25) is 5.02 Å². The lowest BCUT2D eigenvalue weighted by atomic mass is 10.2. The van der Waals surface area contributed by atoms with E-state index in [2.05, 4.69) is 10.6 Å². The van der Waals surface area contributed by atoms with Crippen molar-refractivity contribution in [2.75, 3.05) is 16.8 Å². The number of aryl methyl sites for hydroxylation is 1. The van der Waals surface area contributed by atoms with E-state index in [0.29, 0.717) is 34.9 Å². The zero-order chi connectivity index (χ0) is 18.0. The fraction of sp³-hybridized carbons (Fsp3) is 0.222. The van der Waals surface area contributed by atoms with Crippen LogP contribution in [0.1, 0.15) is 12.0 Å². The van der Waals surface area contributed by atoms with Gasteiger partial charge in [0.15, 0.2) is 0 Å². The third-order valence-corrected chi connectivity index (χ3v) is 4.32. The molecule has 0 radical (unpaired) electrons. The SMILES string of the molecule is Cc1cc(N2CC[C@H](NC(=O)Nc3ccc(Cl)cc3)C2=O)ccc1F. The fourth-order valence-electron chi connectivity index (χ4n) is 2.73. The number of rotatable bonds is 3. The van der Waals surface area contributed by atoms with Gasteiger partial charge in [-0.1, -0.05) is 11.6 Å². The van der Waals surface area contributed by atoms with Gasteiger partial charge in [0, 0.05) is 22.9 Å². The van der Waals surface area contributed by atoms with Gasteiger partial charge in [0.25, 0.3) is 0 Å². The summed E-state index contributed by atoms with van der Waals surface area (Å²) in [6.07, 6.45) is 0.489. The number of amides is 3. The van der Waals surface area contributed by atoms with Crippen molar-refractivity contribution in [1.82, 2.24) is 5.32 Å². The van der Waals surface area contributed by atoms with Crippen molar-refractivity contribution in [2.45, 2.75) is 19.4 Å². The van der Waals surface area contributed by atoms with Crippen molar-refractivity contribution in [3.8, 4) is 0 Å². The zero-order valence-corrected chi connectivity index (χ0v) is 14.3. The molecule has 1 heterocycles. The molecule has 130 valence electrons. The van der Waals surface area contributed by atoms with E-state index in [0.717, 1.165) is 0 Å². The second-order valence-corrected chi connectivity index (χ2v) is 6.31. The van der Waals surface area contributed by atoms with Crippen molar-refractivity contribution in [3.63, 3.8) is 0 Å². The summed E-state index contributed by atoms with van der Waals surface area (Å²) in [4.78, 5) is 26.1. The molecule has 5 nitrogen and oxygen atoms in total. The van der Waals surface area contributed by atoms with E-state index in [1.807, 2.05) is 0 Å². The van der Waals surface area contributed by atoms with E-state index in [4.69, 9.17) is 11.6 Å². The number of carbonyl (C=O) groups excluding carboxylic acids is 2. The van der Waals surface area contributed by atoms with Gasteiger partial charge in [-0.25, -0.2) is 9.18 Å². The second-order valence-electron chi connectivity index (χ2n) is 5.87. The van der Waals surface area contributed by atoms with Crippen molar-refractivity contribution in [1.29, 1.82) is 0 Å². The first-order valence-electron chi connectivity index (χ1n) is 7.84. The predicted octanol–water partition coefficient (Wildman–Crippen LogP) is 3.71. The monoisotopic (exact) mass is 361 g/mol. The van der Waals surface area contributed by atoms with Crippen LogP contribution >= 0.6 is 11.6 Å². The first kappa shape index (κ1) is 17.2. The minimum absolute atomic E-state index is 0.211. The largest absolute Gasteiger partial charge is 0.326 e. The van der Waals surface area contributed by atoms with Gasteiger partial charge in [-0.15, -0.1) is 0 Å². The molecule has 25 heavy (non-hydrogen) atoms. The summed E-state index contributed by atoms with van der Waals surface area (Å²) >= 11 is 5.80. The molecule has 2 aromatic rings.